The second-order valence-corrected chi connectivity index (χ2v) is 8.29. The molecule has 1 N–H and O–H groups in total. The van der Waals surface area contributed by atoms with E-state index in [-0.39, 0.29) is 5.91 Å². The number of nitrogens with zero attached hydrogens (tertiary/aromatic N) is 1. The number of aromatic nitrogens is 1. The molecule has 0 unspecified atom stereocenters. The third-order valence-electron chi connectivity index (χ3n) is 3.52. The highest BCUT2D eigenvalue weighted by Gasteiger charge is 2.07. The number of fused-ring (bicyclic) bond motifs is 1. The van der Waals surface area contributed by atoms with Crippen molar-refractivity contribution in [2.75, 3.05) is 6.54 Å². The summed E-state index contributed by atoms with van der Waals surface area (Å²) in [5.41, 5.74) is 2.96. The Hall–Kier alpha value is -1.85. The summed E-state index contributed by atoms with van der Waals surface area (Å²) in [6.45, 7) is 4.87. The minimum atomic E-state index is -0.00549. The summed E-state index contributed by atoms with van der Waals surface area (Å²) in [6.07, 6.45) is 0. The summed E-state index contributed by atoms with van der Waals surface area (Å²) in [4.78, 5) is 16.6. The molecule has 2 aromatic carbocycles. The smallest absolute Gasteiger partial charge is 0.251 e. The van der Waals surface area contributed by atoms with Crippen LogP contribution in [0, 0.1) is 5.92 Å². The first kappa shape index (κ1) is 17.0. The number of rotatable bonds is 6. The van der Waals surface area contributed by atoms with Gasteiger partial charge in [-0.3, -0.25) is 4.79 Å². The zero-order valence-electron chi connectivity index (χ0n) is 13.8. The fourth-order valence-corrected chi connectivity index (χ4v) is 4.23. The van der Waals surface area contributed by atoms with E-state index >= 15 is 0 Å². The van der Waals surface area contributed by atoms with Crippen molar-refractivity contribution in [2.45, 2.75) is 23.9 Å². The van der Waals surface area contributed by atoms with Crippen molar-refractivity contribution >= 4 is 39.2 Å². The summed E-state index contributed by atoms with van der Waals surface area (Å²) >= 11 is 3.46. The predicted octanol–water partition coefficient (Wildman–Crippen LogP) is 4.97. The molecule has 3 nitrogen and oxygen atoms in total. The topological polar surface area (TPSA) is 42.0 Å². The molecule has 0 spiro atoms. The Morgan fingerprint density at radius 1 is 1.17 bits per heavy atom. The minimum Gasteiger partial charge on any atom is -0.352 e. The molecule has 0 saturated carbocycles. The van der Waals surface area contributed by atoms with Gasteiger partial charge in [0.05, 0.1) is 10.2 Å². The summed E-state index contributed by atoms with van der Waals surface area (Å²) in [5.74, 6) is 1.31. The minimum absolute atomic E-state index is 0.00549. The molecule has 5 heteroatoms. The summed E-state index contributed by atoms with van der Waals surface area (Å²) < 4.78 is 2.30. The van der Waals surface area contributed by atoms with Crippen molar-refractivity contribution < 1.29 is 4.79 Å². The maximum absolute atomic E-state index is 12.0. The quantitative estimate of drug-likeness (QED) is 0.634. The van der Waals surface area contributed by atoms with Crippen molar-refractivity contribution in [1.82, 2.24) is 10.3 Å². The lowest BCUT2D eigenvalue weighted by molar-refractivity contribution is 0.0949. The number of carbonyl (C=O) groups excluding carboxylic acids is 1. The molecular weight excluding hydrogens is 336 g/mol. The van der Waals surface area contributed by atoms with Crippen LogP contribution in [0.3, 0.4) is 0 Å². The average molecular weight is 357 g/mol. The van der Waals surface area contributed by atoms with Crippen molar-refractivity contribution in [1.29, 1.82) is 0 Å². The van der Waals surface area contributed by atoms with E-state index in [0.717, 1.165) is 15.6 Å². The first-order valence-electron chi connectivity index (χ1n) is 7.97. The molecule has 0 fully saturated rings. The standard InChI is InChI=1S/C19H20N2OS2/c1-13(2)11-20-18(22)15-9-7-14(8-10-15)12-23-19-21-16-5-3-4-6-17(16)24-19/h3-10,13H,11-12H2,1-2H3,(H,20,22). The van der Waals surface area contributed by atoms with Crippen molar-refractivity contribution in [3.05, 3.63) is 59.7 Å². The first-order valence-corrected chi connectivity index (χ1v) is 9.77. The Morgan fingerprint density at radius 2 is 1.92 bits per heavy atom. The molecule has 0 aliphatic rings. The molecule has 3 rings (SSSR count). The Bertz CT molecular complexity index is 792. The lowest BCUT2D eigenvalue weighted by atomic mass is 10.1. The molecule has 0 aliphatic carbocycles. The lowest BCUT2D eigenvalue weighted by Crippen LogP contribution is -2.27. The number of thioether (sulfide) groups is 1. The predicted molar refractivity (Wildman–Crippen MR) is 103 cm³/mol. The van der Waals surface area contributed by atoms with Gasteiger partial charge in [0, 0.05) is 17.9 Å². The number of para-hydroxylation sites is 1. The van der Waals surface area contributed by atoms with Crippen LogP contribution in [0.1, 0.15) is 29.8 Å². The van der Waals surface area contributed by atoms with E-state index in [9.17, 15) is 4.79 Å². The highest BCUT2D eigenvalue weighted by molar-refractivity contribution is 8.00. The van der Waals surface area contributed by atoms with Crippen LogP contribution in [0.25, 0.3) is 10.2 Å². The van der Waals surface area contributed by atoms with Crippen LogP contribution >= 0.6 is 23.1 Å². The Labute approximate surface area is 150 Å². The van der Waals surface area contributed by atoms with E-state index in [4.69, 9.17) is 0 Å². The van der Waals surface area contributed by atoms with E-state index in [1.54, 1.807) is 23.1 Å². The van der Waals surface area contributed by atoms with Gasteiger partial charge < -0.3 is 5.32 Å². The Morgan fingerprint density at radius 3 is 2.62 bits per heavy atom. The number of thiazole rings is 1. The number of benzene rings is 2. The van der Waals surface area contributed by atoms with Crippen LogP contribution in [-0.2, 0) is 5.75 Å². The van der Waals surface area contributed by atoms with Gasteiger partial charge in [-0.25, -0.2) is 4.98 Å². The normalized spacial score (nSPS) is 11.1. The van der Waals surface area contributed by atoms with Crippen LogP contribution in [0.15, 0.2) is 52.9 Å². The van der Waals surface area contributed by atoms with Gasteiger partial charge in [-0.15, -0.1) is 11.3 Å². The SMILES string of the molecule is CC(C)CNC(=O)c1ccc(CSc2nc3ccccc3s2)cc1. The van der Waals surface area contributed by atoms with E-state index in [1.165, 1.54) is 10.3 Å². The molecule has 1 heterocycles. The first-order chi connectivity index (χ1) is 11.6. The van der Waals surface area contributed by atoms with E-state index in [1.807, 2.05) is 42.5 Å². The molecule has 3 aromatic rings. The molecule has 124 valence electrons. The van der Waals surface area contributed by atoms with Gasteiger partial charge in [-0.2, -0.15) is 0 Å². The van der Waals surface area contributed by atoms with Gasteiger partial charge in [0.25, 0.3) is 5.91 Å². The van der Waals surface area contributed by atoms with Crippen molar-refractivity contribution in [3.63, 3.8) is 0 Å². The third-order valence-corrected chi connectivity index (χ3v) is 5.77. The van der Waals surface area contributed by atoms with E-state index in [0.29, 0.717) is 18.0 Å². The van der Waals surface area contributed by atoms with Crippen LogP contribution in [0.2, 0.25) is 0 Å². The molecule has 0 atom stereocenters. The van der Waals surface area contributed by atoms with Gasteiger partial charge in [0.15, 0.2) is 4.34 Å². The zero-order valence-corrected chi connectivity index (χ0v) is 15.4. The van der Waals surface area contributed by atoms with Gasteiger partial charge in [-0.1, -0.05) is 49.9 Å². The summed E-state index contributed by atoms with van der Waals surface area (Å²) in [6, 6.07) is 16.0. The molecule has 0 radical (unpaired) electrons. The van der Waals surface area contributed by atoms with Crippen molar-refractivity contribution in [2.24, 2.45) is 5.92 Å². The van der Waals surface area contributed by atoms with E-state index in [2.05, 4.69) is 30.2 Å². The van der Waals surface area contributed by atoms with Gasteiger partial charge in [0.1, 0.15) is 0 Å². The third kappa shape index (κ3) is 4.36. The van der Waals surface area contributed by atoms with Crippen LogP contribution in [0.5, 0.6) is 0 Å². The number of nitrogens with one attached hydrogen (secondary N) is 1. The number of carbonyl (C=O) groups is 1. The molecule has 0 bridgehead atoms. The Kier molecular flexibility index (Phi) is 5.53. The van der Waals surface area contributed by atoms with Gasteiger partial charge in [0.2, 0.25) is 0 Å². The van der Waals surface area contributed by atoms with Gasteiger partial charge in [-0.05, 0) is 35.7 Å². The largest absolute Gasteiger partial charge is 0.352 e. The van der Waals surface area contributed by atoms with Gasteiger partial charge >= 0.3 is 0 Å². The average Bonchev–Trinajstić information content (AvgIpc) is 3.01. The molecule has 24 heavy (non-hydrogen) atoms. The highest BCUT2D eigenvalue weighted by Crippen LogP contribution is 2.31. The fraction of sp³-hybridized carbons (Fsp3) is 0.263. The van der Waals surface area contributed by atoms with Crippen LogP contribution in [0.4, 0.5) is 0 Å². The molecule has 0 aliphatic heterocycles. The monoisotopic (exact) mass is 356 g/mol. The second kappa shape index (κ2) is 7.81. The zero-order chi connectivity index (χ0) is 16.9. The highest BCUT2D eigenvalue weighted by atomic mass is 32.2. The lowest BCUT2D eigenvalue weighted by Gasteiger charge is -2.08. The fourth-order valence-electron chi connectivity index (χ4n) is 2.21. The van der Waals surface area contributed by atoms with E-state index < -0.39 is 0 Å². The number of hydrogen-bond donors (Lipinski definition) is 1. The molecular formula is C19H20N2OS2. The Balaban J connectivity index is 1.58. The maximum atomic E-state index is 12.0. The number of hydrogen-bond acceptors (Lipinski definition) is 4. The number of amides is 1. The maximum Gasteiger partial charge on any atom is 0.251 e. The second-order valence-electron chi connectivity index (χ2n) is 6.04. The van der Waals surface area contributed by atoms with Crippen LogP contribution in [-0.4, -0.2) is 17.4 Å². The van der Waals surface area contributed by atoms with Crippen LogP contribution < -0.4 is 5.32 Å². The molecule has 1 amide bonds. The molecule has 1 aromatic heterocycles. The summed E-state index contributed by atoms with van der Waals surface area (Å²) in [5, 5.41) is 2.94. The van der Waals surface area contributed by atoms with Crippen molar-refractivity contribution in [3.8, 4) is 0 Å². The molecule has 0 saturated heterocycles. The summed E-state index contributed by atoms with van der Waals surface area (Å²) in [7, 11) is 0.